The molecule has 4 N–H and O–H groups in total. The molecule has 2 heterocycles. The summed E-state index contributed by atoms with van der Waals surface area (Å²) in [7, 11) is -3.93. The van der Waals surface area contributed by atoms with Crippen LogP contribution in [-0.4, -0.2) is 30.1 Å². The van der Waals surface area contributed by atoms with E-state index in [0.717, 1.165) is 11.8 Å². The summed E-state index contributed by atoms with van der Waals surface area (Å²) in [5.41, 5.74) is 8.17. The molecule has 2 aromatic carbocycles. The molecule has 1 amide bonds. The molecule has 4 rings (SSSR count). The monoisotopic (exact) mass is 496 g/mol. The van der Waals surface area contributed by atoms with E-state index in [1.807, 2.05) is 23.8 Å². The van der Waals surface area contributed by atoms with Crippen molar-refractivity contribution < 1.29 is 17.6 Å². The van der Waals surface area contributed by atoms with Crippen LogP contribution in [0.3, 0.4) is 0 Å². The molecule has 182 valence electrons. The molecule has 0 saturated heterocycles. The Hall–Kier alpha value is -3.76. The van der Waals surface area contributed by atoms with Crippen molar-refractivity contribution in [3.63, 3.8) is 0 Å². The maximum atomic E-state index is 14.8. The molecule has 10 heteroatoms. The van der Waals surface area contributed by atoms with Gasteiger partial charge in [0.1, 0.15) is 11.5 Å². The van der Waals surface area contributed by atoms with Crippen LogP contribution < -0.4 is 16.0 Å². The maximum Gasteiger partial charge on any atom is 0.282 e. The number of sulfonamides is 1. The number of carbonyl (C=O) groups is 1. The van der Waals surface area contributed by atoms with Crippen molar-refractivity contribution in [1.82, 2.24) is 14.3 Å². The molecule has 0 atom stereocenters. The second-order valence-corrected chi connectivity index (χ2v) is 10.0. The largest absolute Gasteiger partial charge is 0.331 e. The number of amides is 1. The minimum atomic E-state index is -3.93. The Morgan fingerprint density at radius 3 is 2.54 bits per heavy atom. The summed E-state index contributed by atoms with van der Waals surface area (Å²) in [5, 5.41) is 0.579. The number of nitrogens with zero attached hydrogens (tertiary/aromatic N) is 1. The zero-order valence-electron chi connectivity index (χ0n) is 19.3. The van der Waals surface area contributed by atoms with E-state index >= 15 is 0 Å². The van der Waals surface area contributed by atoms with Gasteiger partial charge in [0.2, 0.25) is 10.0 Å². The molecule has 0 aliphatic carbocycles. The highest BCUT2D eigenvalue weighted by atomic mass is 32.2. The normalized spacial score (nSPS) is 11.7. The highest BCUT2D eigenvalue weighted by Crippen LogP contribution is 2.35. The molecule has 0 unspecified atom stereocenters. The highest BCUT2D eigenvalue weighted by molar-refractivity contribution is 7.89. The number of carbonyl (C=O) groups excluding carboxylic acids is 1. The van der Waals surface area contributed by atoms with Gasteiger partial charge in [-0.15, -0.1) is 0 Å². The van der Waals surface area contributed by atoms with Crippen LogP contribution in [0.4, 0.5) is 4.39 Å². The van der Waals surface area contributed by atoms with Gasteiger partial charge in [-0.3, -0.25) is 9.59 Å². The zero-order valence-corrected chi connectivity index (χ0v) is 20.1. The number of nitrogens with two attached hydrogens (primary N) is 1. The number of aromatic amines is 1. The standard InChI is InChI=1S/C25H25FN4O4S/c1-3-15-7-9-21-19(12-15)22(18-5-4-10-28-24(18)31)23(25(32)29-35(2,33)34)30(21)14-17-11-16(13-27)6-8-20(17)26/h4-12H,3,13-14,27H2,1-2H3,(H,28,31)(H,29,32). The van der Waals surface area contributed by atoms with E-state index in [1.165, 1.54) is 16.8 Å². The first-order valence-electron chi connectivity index (χ1n) is 11.0. The van der Waals surface area contributed by atoms with Crippen LogP contribution in [-0.2, 0) is 29.5 Å². The Morgan fingerprint density at radius 2 is 1.89 bits per heavy atom. The van der Waals surface area contributed by atoms with Crippen LogP contribution in [0.15, 0.2) is 59.5 Å². The van der Waals surface area contributed by atoms with E-state index in [-0.39, 0.29) is 35.5 Å². The Morgan fingerprint density at radius 1 is 1.14 bits per heavy atom. The minimum absolute atomic E-state index is 0.0621. The van der Waals surface area contributed by atoms with E-state index in [1.54, 1.807) is 30.3 Å². The lowest BCUT2D eigenvalue weighted by atomic mass is 10.0. The van der Waals surface area contributed by atoms with Gasteiger partial charge in [-0.2, -0.15) is 0 Å². The lowest BCUT2D eigenvalue weighted by molar-refractivity contribution is 0.0974. The van der Waals surface area contributed by atoms with E-state index < -0.39 is 27.3 Å². The Bertz CT molecular complexity index is 1610. The molecule has 4 aromatic rings. The summed E-state index contributed by atoms with van der Waals surface area (Å²) in [5.74, 6) is -1.42. The van der Waals surface area contributed by atoms with Gasteiger partial charge in [0.05, 0.1) is 12.8 Å². The number of aromatic nitrogens is 2. The molecule has 0 fully saturated rings. The average molecular weight is 497 g/mol. The number of fused-ring (bicyclic) bond motifs is 1. The summed E-state index contributed by atoms with van der Waals surface area (Å²) in [4.78, 5) is 28.8. The highest BCUT2D eigenvalue weighted by Gasteiger charge is 2.27. The first-order chi connectivity index (χ1) is 16.6. The number of pyridine rings is 1. The number of nitrogens with one attached hydrogen (secondary N) is 2. The van der Waals surface area contributed by atoms with Crippen molar-refractivity contribution in [2.75, 3.05) is 6.26 Å². The minimum Gasteiger partial charge on any atom is -0.331 e. The molecule has 8 nitrogen and oxygen atoms in total. The lowest BCUT2D eigenvalue weighted by Gasteiger charge is -2.13. The van der Waals surface area contributed by atoms with Gasteiger partial charge in [-0.05, 0) is 53.9 Å². The van der Waals surface area contributed by atoms with Gasteiger partial charge < -0.3 is 15.3 Å². The third-order valence-electron chi connectivity index (χ3n) is 5.79. The first kappa shape index (κ1) is 24.4. The Balaban J connectivity index is 2.10. The van der Waals surface area contributed by atoms with Gasteiger partial charge in [0.25, 0.3) is 11.5 Å². The fourth-order valence-electron chi connectivity index (χ4n) is 4.18. The molecule has 0 saturated carbocycles. The van der Waals surface area contributed by atoms with Gasteiger partial charge in [-0.1, -0.05) is 19.1 Å². The zero-order chi connectivity index (χ0) is 25.3. The van der Waals surface area contributed by atoms with Crippen molar-refractivity contribution in [1.29, 1.82) is 0 Å². The molecule has 35 heavy (non-hydrogen) atoms. The van der Waals surface area contributed by atoms with Crippen LogP contribution in [0.25, 0.3) is 22.0 Å². The summed E-state index contributed by atoms with van der Waals surface area (Å²) < 4.78 is 42.3. The summed E-state index contributed by atoms with van der Waals surface area (Å²) in [6.45, 7) is 2.09. The fourth-order valence-corrected chi connectivity index (χ4v) is 4.61. The van der Waals surface area contributed by atoms with Crippen LogP contribution in [0.1, 0.15) is 34.1 Å². The molecular weight excluding hydrogens is 471 g/mol. The first-order valence-corrected chi connectivity index (χ1v) is 12.8. The van der Waals surface area contributed by atoms with Gasteiger partial charge in [-0.25, -0.2) is 17.5 Å². The Labute approximate surface area is 201 Å². The van der Waals surface area contributed by atoms with Crippen molar-refractivity contribution in [2.45, 2.75) is 26.4 Å². The number of hydrogen-bond acceptors (Lipinski definition) is 5. The average Bonchev–Trinajstić information content (AvgIpc) is 3.13. The van der Waals surface area contributed by atoms with Gasteiger partial charge in [0.15, 0.2) is 0 Å². The third kappa shape index (κ3) is 4.89. The molecule has 2 aromatic heterocycles. The predicted octanol–water partition coefficient (Wildman–Crippen LogP) is 2.89. The topological polar surface area (TPSA) is 127 Å². The number of hydrogen-bond donors (Lipinski definition) is 3. The van der Waals surface area contributed by atoms with Crippen LogP contribution in [0.5, 0.6) is 0 Å². The predicted molar refractivity (Wildman–Crippen MR) is 133 cm³/mol. The number of rotatable bonds is 7. The fraction of sp³-hybridized carbons (Fsp3) is 0.200. The molecule has 0 aliphatic heterocycles. The Kier molecular flexibility index (Phi) is 6.60. The van der Waals surface area contributed by atoms with Crippen molar-refractivity contribution in [3.8, 4) is 11.1 Å². The lowest BCUT2D eigenvalue weighted by Crippen LogP contribution is -2.32. The maximum absolute atomic E-state index is 14.8. The summed E-state index contributed by atoms with van der Waals surface area (Å²) in [6, 6.07) is 13.2. The molecule has 0 spiro atoms. The second kappa shape index (κ2) is 9.47. The molecule has 0 aliphatic rings. The van der Waals surface area contributed by atoms with Gasteiger partial charge >= 0.3 is 0 Å². The second-order valence-electron chi connectivity index (χ2n) is 8.26. The number of H-pyrrole nitrogens is 1. The van der Waals surface area contributed by atoms with Crippen molar-refractivity contribution in [3.05, 3.63) is 93.3 Å². The van der Waals surface area contributed by atoms with Crippen LogP contribution >= 0.6 is 0 Å². The smallest absolute Gasteiger partial charge is 0.282 e. The van der Waals surface area contributed by atoms with Crippen molar-refractivity contribution in [2.24, 2.45) is 5.73 Å². The number of halogens is 1. The van der Waals surface area contributed by atoms with Crippen LogP contribution in [0.2, 0.25) is 0 Å². The third-order valence-corrected chi connectivity index (χ3v) is 6.35. The van der Waals surface area contributed by atoms with E-state index in [0.29, 0.717) is 22.9 Å². The number of benzene rings is 2. The quantitative estimate of drug-likeness (QED) is 0.363. The molecular formula is C25H25FN4O4S. The van der Waals surface area contributed by atoms with E-state index in [9.17, 15) is 22.4 Å². The summed E-state index contributed by atoms with van der Waals surface area (Å²) >= 11 is 0. The van der Waals surface area contributed by atoms with Gasteiger partial charge in [0, 0.05) is 40.3 Å². The van der Waals surface area contributed by atoms with E-state index in [4.69, 9.17) is 5.73 Å². The van der Waals surface area contributed by atoms with Crippen molar-refractivity contribution >= 4 is 26.8 Å². The van der Waals surface area contributed by atoms with Crippen LogP contribution in [0, 0.1) is 5.82 Å². The SMILES string of the molecule is CCc1ccc2c(c1)c(-c1ccc[nH]c1=O)c(C(=O)NS(C)(=O)=O)n2Cc1cc(CN)ccc1F. The number of aryl methyl sites for hydroxylation is 1. The molecule has 0 bridgehead atoms. The summed E-state index contributed by atoms with van der Waals surface area (Å²) in [6.07, 6.45) is 3.03. The van der Waals surface area contributed by atoms with E-state index in [2.05, 4.69) is 4.98 Å². The molecule has 0 radical (unpaired) electrons.